The first kappa shape index (κ1) is 24.2. The Balaban J connectivity index is 1.58. The first-order chi connectivity index (χ1) is 18.4. The number of piperidine rings is 1. The van der Waals surface area contributed by atoms with E-state index in [1.165, 1.54) is 0 Å². The normalized spacial score (nSPS) is 14.3. The first-order valence-electron chi connectivity index (χ1n) is 12.6. The van der Waals surface area contributed by atoms with Crippen LogP contribution in [0.5, 0.6) is 0 Å². The monoisotopic (exact) mass is 522 g/mol. The summed E-state index contributed by atoms with van der Waals surface area (Å²) in [6.45, 7) is 3.44. The van der Waals surface area contributed by atoms with E-state index in [4.69, 9.17) is 17.0 Å². The highest BCUT2D eigenvalue weighted by molar-refractivity contribution is 6.30. The fraction of sp³-hybridized carbons (Fsp3) is 0.233. The second-order valence-electron chi connectivity index (χ2n) is 9.93. The van der Waals surface area contributed by atoms with Crippen LogP contribution in [0.4, 0.5) is 5.69 Å². The number of aliphatic hydroxyl groups is 1. The van der Waals surface area contributed by atoms with Crippen molar-refractivity contribution < 1.29 is 5.11 Å². The van der Waals surface area contributed by atoms with Gasteiger partial charge in [0.1, 0.15) is 6.07 Å². The van der Waals surface area contributed by atoms with Gasteiger partial charge >= 0.3 is 0 Å². The van der Waals surface area contributed by atoms with Crippen molar-refractivity contribution in [3.8, 4) is 22.9 Å². The molecular weight excluding hydrogens is 496 g/mol. The summed E-state index contributed by atoms with van der Waals surface area (Å²) in [6, 6.07) is 20.2. The molecule has 0 radical (unpaired) electrons. The molecule has 2 N–H and O–H groups in total. The fourth-order valence-corrected chi connectivity index (χ4v) is 5.58. The molecular formula is C30H27ClN6O. The summed E-state index contributed by atoms with van der Waals surface area (Å²) in [5.41, 5.74) is 8.11. The summed E-state index contributed by atoms with van der Waals surface area (Å²) >= 11 is 6.11. The highest BCUT2D eigenvalue weighted by Gasteiger charge is 2.22. The number of nitrogens with zero attached hydrogens (tertiary/aromatic N) is 5. The number of hydrogen-bond acceptors (Lipinski definition) is 5. The van der Waals surface area contributed by atoms with Crippen molar-refractivity contribution >= 4 is 39.2 Å². The highest BCUT2D eigenvalue weighted by atomic mass is 35.5. The molecule has 2 aromatic heterocycles. The number of aliphatic hydroxyl groups excluding tert-OH is 1. The molecule has 3 aromatic carbocycles. The van der Waals surface area contributed by atoms with E-state index in [2.05, 4.69) is 22.0 Å². The minimum atomic E-state index is -0.283. The van der Waals surface area contributed by atoms with Gasteiger partial charge in [0.2, 0.25) is 5.62 Å². The van der Waals surface area contributed by atoms with Crippen LogP contribution in [0.25, 0.3) is 38.8 Å². The molecule has 190 valence electrons. The molecule has 0 saturated carbocycles. The van der Waals surface area contributed by atoms with Crippen molar-refractivity contribution in [2.75, 3.05) is 18.0 Å². The third kappa shape index (κ3) is 3.94. The minimum absolute atomic E-state index is 0.283. The molecule has 3 heterocycles. The van der Waals surface area contributed by atoms with Crippen LogP contribution in [-0.4, -0.2) is 38.4 Å². The van der Waals surface area contributed by atoms with E-state index >= 15 is 0 Å². The van der Waals surface area contributed by atoms with E-state index in [1.54, 1.807) is 0 Å². The lowest BCUT2D eigenvalue weighted by molar-refractivity contribution is 0.145. The van der Waals surface area contributed by atoms with Gasteiger partial charge in [0.25, 0.3) is 0 Å². The van der Waals surface area contributed by atoms with Crippen LogP contribution in [-0.2, 0) is 7.05 Å². The average molecular weight is 523 g/mol. The number of pyridine rings is 1. The number of fused-ring (bicyclic) bond motifs is 3. The maximum absolute atomic E-state index is 10.1. The first-order valence-corrected chi connectivity index (χ1v) is 13.0. The van der Waals surface area contributed by atoms with Gasteiger partial charge in [0, 0.05) is 30.5 Å². The molecule has 1 aliphatic rings. The molecule has 6 rings (SSSR count). The number of nitriles is 1. The Morgan fingerprint density at radius 3 is 2.45 bits per heavy atom. The van der Waals surface area contributed by atoms with E-state index < -0.39 is 0 Å². The minimum Gasteiger partial charge on any atom is -0.393 e. The van der Waals surface area contributed by atoms with Gasteiger partial charge in [-0.1, -0.05) is 29.8 Å². The standard InChI is InChI=1S/C30H27ClN6O/c1-18-13-27(36-11-9-23(38)10-12-36)21(16-32)15-26(18)37-29-24-14-20(19-3-6-22(31)7-4-19)5-8-25(24)34-17-28(29)35(2)30(37)33/h3-8,13-15,17,23,33,38H,9-12H2,1-2H3. The predicted octanol–water partition coefficient (Wildman–Crippen LogP) is 5.46. The lowest BCUT2D eigenvalue weighted by atomic mass is 10.0. The Bertz CT molecular complexity index is 1800. The van der Waals surface area contributed by atoms with Crippen molar-refractivity contribution in [1.29, 1.82) is 10.7 Å². The van der Waals surface area contributed by atoms with Crippen LogP contribution in [0.2, 0.25) is 5.02 Å². The number of nitrogens with one attached hydrogen (secondary N) is 1. The lowest BCUT2D eigenvalue weighted by Gasteiger charge is -2.32. The summed E-state index contributed by atoms with van der Waals surface area (Å²) in [4.78, 5) is 6.86. The zero-order valence-corrected chi connectivity index (χ0v) is 22.0. The van der Waals surface area contributed by atoms with Crippen LogP contribution in [0.3, 0.4) is 0 Å². The fourth-order valence-electron chi connectivity index (χ4n) is 5.46. The summed E-state index contributed by atoms with van der Waals surface area (Å²) in [5.74, 6) is 0. The van der Waals surface area contributed by atoms with Crippen molar-refractivity contribution in [2.45, 2.75) is 25.9 Å². The number of imidazole rings is 1. The number of aromatic nitrogens is 3. The molecule has 0 amide bonds. The van der Waals surface area contributed by atoms with Gasteiger partial charge in [-0.25, -0.2) is 0 Å². The van der Waals surface area contributed by atoms with Gasteiger partial charge in [-0.2, -0.15) is 5.26 Å². The van der Waals surface area contributed by atoms with Crippen LogP contribution in [0.15, 0.2) is 60.8 Å². The Labute approximate surface area is 225 Å². The summed E-state index contributed by atoms with van der Waals surface area (Å²) in [5, 5.41) is 30.7. The quantitative estimate of drug-likeness (QED) is 0.329. The van der Waals surface area contributed by atoms with Gasteiger partial charge < -0.3 is 14.6 Å². The molecule has 1 aliphatic heterocycles. The number of halogens is 1. The van der Waals surface area contributed by atoms with Crippen molar-refractivity contribution in [3.63, 3.8) is 0 Å². The Kier molecular flexibility index (Phi) is 5.94. The van der Waals surface area contributed by atoms with Gasteiger partial charge in [0.15, 0.2) is 0 Å². The predicted molar refractivity (Wildman–Crippen MR) is 151 cm³/mol. The second kappa shape index (κ2) is 9.32. The average Bonchev–Trinajstić information content (AvgIpc) is 3.19. The number of benzene rings is 3. The number of hydrogen-bond donors (Lipinski definition) is 2. The maximum atomic E-state index is 10.1. The van der Waals surface area contributed by atoms with Crippen molar-refractivity contribution in [2.24, 2.45) is 7.05 Å². The van der Waals surface area contributed by atoms with Gasteiger partial charge in [-0.15, -0.1) is 0 Å². The van der Waals surface area contributed by atoms with E-state index in [1.807, 2.05) is 77.8 Å². The molecule has 1 fully saturated rings. The van der Waals surface area contributed by atoms with Gasteiger partial charge in [-0.05, 0) is 72.9 Å². The molecule has 0 aliphatic carbocycles. The van der Waals surface area contributed by atoms with E-state index in [0.717, 1.165) is 50.0 Å². The largest absolute Gasteiger partial charge is 0.393 e. The Hall–Kier alpha value is -4.12. The van der Waals surface area contributed by atoms with Crippen LogP contribution < -0.4 is 10.5 Å². The van der Waals surface area contributed by atoms with Gasteiger partial charge in [-0.3, -0.25) is 15.0 Å². The van der Waals surface area contributed by atoms with E-state index in [9.17, 15) is 10.4 Å². The maximum Gasteiger partial charge on any atom is 0.207 e. The zero-order valence-electron chi connectivity index (χ0n) is 21.2. The SMILES string of the molecule is Cc1cc(N2CCC(O)CC2)c(C#N)cc1-n1c(=N)n(C)c2cnc3ccc(-c4ccc(Cl)cc4)cc3c21. The Morgan fingerprint density at radius 1 is 1.03 bits per heavy atom. The molecule has 0 spiro atoms. The van der Waals surface area contributed by atoms with Gasteiger partial charge in [0.05, 0.1) is 45.8 Å². The molecule has 7 nitrogen and oxygen atoms in total. The molecule has 0 bridgehead atoms. The van der Waals surface area contributed by atoms with Crippen molar-refractivity contribution in [3.05, 3.63) is 82.6 Å². The molecule has 0 unspecified atom stereocenters. The molecule has 8 heteroatoms. The second-order valence-corrected chi connectivity index (χ2v) is 10.4. The smallest absolute Gasteiger partial charge is 0.207 e. The Morgan fingerprint density at radius 2 is 1.74 bits per heavy atom. The van der Waals surface area contributed by atoms with Crippen LogP contribution in [0, 0.1) is 23.7 Å². The third-order valence-electron chi connectivity index (χ3n) is 7.59. The van der Waals surface area contributed by atoms with E-state index in [0.29, 0.717) is 42.1 Å². The third-order valence-corrected chi connectivity index (χ3v) is 7.84. The van der Waals surface area contributed by atoms with Crippen molar-refractivity contribution in [1.82, 2.24) is 14.1 Å². The summed E-state index contributed by atoms with van der Waals surface area (Å²) in [7, 11) is 1.87. The zero-order chi connectivity index (χ0) is 26.6. The number of aryl methyl sites for hydroxylation is 2. The topological polar surface area (TPSA) is 93.9 Å². The number of anilines is 1. The molecule has 38 heavy (non-hydrogen) atoms. The van der Waals surface area contributed by atoms with Crippen LogP contribution in [0.1, 0.15) is 24.0 Å². The lowest BCUT2D eigenvalue weighted by Crippen LogP contribution is -2.36. The number of rotatable bonds is 3. The molecule has 0 atom stereocenters. The van der Waals surface area contributed by atoms with E-state index in [-0.39, 0.29) is 6.10 Å². The molecule has 5 aromatic rings. The summed E-state index contributed by atoms with van der Waals surface area (Å²) in [6.07, 6.45) is 2.90. The molecule has 1 saturated heterocycles. The highest BCUT2D eigenvalue weighted by Crippen LogP contribution is 2.33. The summed E-state index contributed by atoms with van der Waals surface area (Å²) < 4.78 is 3.74. The van der Waals surface area contributed by atoms with Crippen LogP contribution >= 0.6 is 11.6 Å².